The Hall–Kier alpha value is -0.810. The third-order valence-electron chi connectivity index (χ3n) is 3.35. The van der Waals surface area contributed by atoms with Crippen molar-refractivity contribution in [3.8, 4) is 0 Å². The third-order valence-corrected chi connectivity index (χ3v) is 3.35. The second kappa shape index (κ2) is 5.01. The molecular formula is C11H24N4O. The van der Waals surface area contributed by atoms with Crippen LogP contribution in [-0.2, 0) is 0 Å². The molecule has 1 aliphatic rings. The number of hydrogen-bond acceptors (Lipinski definition) is 4. The maximum Gasteiger partial charge on any atom is 0.156 e. The zero-order chi connectivity index (χ0) is 12.3. The molecule has 1 rings (SSSR count). The molecule has 1 saturated heterocycles. The van der Waals surface area contributed by atoms with Crippen LogP contribution in [0.4, 0.5) is 0 Å². The molecule has 94 valence electrons. The van der Waals surface area contributed by atoms with Crippen molar-refractivity contribution in [2.75, 3.05) is 26.2 Å². The molecule has 0 aromatic carbocycles. The summed E-state index contributed by atoms with van der Waals surface area (Å²) in [4.78, 5) is 4.71. The van der Waals surface area contributed by atoms with Crippen molar-refractivity contribution in [1.29, 1.82) is 0 Å². The van der Waals surface area contributed by atoms with Gasteiger partial charge in [0.2, 0.25) is 0 Å². The van der Waals surface area contributed by atoms with Crippen molar-refractivity contribution < 1.29 is 5.21 Å². The summed E-state index contributed by atoms with van der Waals surface area (Å²) in [6.07, 6.45) is 0. The number of piperazine rings is 1. The van der Waals surface area contributed by atoms with Crippen molar-refractivity contribution in [3.63, 3.8) is 0 Å². The Morgan fingerprint density at radius 2 is 1.75 bits per heavy atom. The second-order valence-corrected chi connectivity index (χ2v) is 5.39. The Labute approximate surface area is 97.9 Å². The van der Waals surface area contributed by atoms with Crippen molar-refractivity contribution in [2.24, 2.45) is 10.9 Å². The van der Waals surface area contributed by atoms with E-state index in [9.17, 15) is 0 Å². The normalized spacial score (nSPS) is 23.4. The average Bonchev–Trinajstić information content (AvgIpc) is 2.26. The fraction of sp³-hybridized carbons (Fsp3) is 0.909. The lowest BCUT2D eigenvalue weighted by atomic mass is 10.0. The first-order valence-corrected chi connectivity index (χ1v) is 5.83. The molecule has 0 radical (unpaired) electrons. The van der Waals surface area contributed by atoms with Gasteiger partial charge >= 0.3 is 0 Å². The van der Waals surface area contributed by atoms with Gasteiger partial charge in [0.15, 0.2) is 5.84 Å². The first-order chi connectivity index (χ1) is 7.36. The van der Waals surface area contributed by atoms with Crippen LogP contribution >= 0.6 is 0 Å². The van der Waals surface area contributed by atoms with Crippen LogP contribution < -0.4 is 5.73 Å². The lowest BCUT2D eigenvalue weighted by Crippen LogP contribution is -2.57. The number of hydrogen-bond donors (Lipinski definition) is 2. The Balaban J connectivity index is 2.49. The van der Waals surface area contributed by atoms with E-state index in [-0.39, 0.29) is 11.6 Å². The molecule has 1 heterocycles. The van der Waals surface area contributed by atoms with E-state index in [4.69, 9.17) is 10.9 Å². The summed E-state index contributed by atoms with van der Waals surface area (Å²) < 4.78 is 0. The Morgan fingerprint density at radius 3 is 2.12 bits per heavy atom. The minimum absolute atomic E-state index is 0.0205. The molecular weight excluding hydrogens is 204 g/mol. The first-order valence-electron chi connectivity index (χ1n) is 5.83. The number of rotatable bonds is 2. The molecule has 0 aromatic rings. The molecule has 0 spiro atoms. The van der Waals surface area contributed by atoms with Crippen molar-refractivity contribution in [3.05, 3.63) is 0 Å². The van der Waals surface area contributed by atoms with Gasteiger partial charge in [-0.3, -0.25) is 9.80 Å². The van der Waals surface area contributed by atoms with Gasteiger partial charge in [0.05, 0.1) is 6.04 Å². The van der Waals surface area contributed by atoms with Crippen LogP contribution in [0.5, 0.6) is 0 Å². The van der Waals surface area contributed by atoms with E-state index in [0.29, 0.717) is 5.84 Å². The van der Waals surface area contributed by atoms with Crippen LogP contribution in [-0.4, -0.2) is 58.6 Å². The van der Waals surface area contributed by atoms with Gasteiger partial charge in [0, 0.05) is 31.7 Å². The Morgan fingerprint density at radius 1 is 1.25 bits per heavy atom. The summed E-state index contributed by atoms with van der Waals surface area (Å²) in [5, 5.41) is 11.7. The highest BCUT2D eigenvalue weighted by Crippen LogP contribution is 2.16. The van der Waals surface area contributed by atoms with E-state index in [1.165, 1.54) is 0 Å². The minimum Gasteiger partial charge on any atom is -0.409 e. The highest BCUT2D eigenvalue weighted by Gasteiger charge is 2.28. The molecule has 1 aliphatic heterocycles. The van der Waals surface area contributed by atoms with E-state index >= 15 is 0 Å². The number of nitrogens with two attached hydrogens (primary N) is 1. The summed E-state index contributed by atoms with van der Waals surface area (Å²) >= 11 is 0. The zero-order valence-corrected chi connectivity index (χ0v) is 10.8. The van der Waals surface area contributed by atoms with E-state index in [0.717, 1.165) is 26.2 Å². The average molecular weight is 228 g/mol. The maximum atomic E-state index is 8.64. The van der Waals surface area contributed by atoms with Gasteiger partial charge in [-0.15, -0.1) is 0 Å². The van der Waals surface area contributed by atoms with Crippen LogP contribution in [0.2, 0.25) is 0 Å². The molecule has 0 aliphatic carbocycles. The molecule has 5 nitrogen and oxygen atoms in total. The van der Waals surface area contributed by atoms with E-state index in [1.54, 1.807) is 0 Å². The Bertz CT molecular complexity index is 251. The monoisotopic (exact) mass is 228 g/mol. The summed E-state index contributed by atoms with van der Waals surface area (Å²) in [6, 6.07) is 0.0205. The summed E-state index contributed by atoms with van der Waals surface area (Å²) in [5.41, 5.74) is 5.84. The second-order valence-electron chi connectivity index (χ2n) is 5.39. The molecule has 0 amide bonds. The van der Waals surface area contributed by atoms with Crippen LogP contribution in [0.1, 0.15) is 27.7 Å². The van der Waals surface area contributed by atoms with Crippen LogP contribution in [0, 0.1) is 0 Å². The van der Waals surface area contributed by atoms with E-state index in [2.05, 4.69) is 35.7 Å². The van der Waals surface area contributed by atoms with Gasteiger partial charge in [-0.05, 0) is 27.7 Å². The standard InChI is InChI=1S/C11H24N4O/c1-9(10(12)13-16)14-5-7-15(8-6-14)11(2,3)4/h9,16H,5-8H2,1-4H3,(H2,12,13). The van der Waals surface area contributed by atoms with Gasteiger partial charge in [-0.1, -0.05) is 5.16 Å². The third kappa shape index (κ3) is 3.09. The number of amidine groups is 1. The Kier molecular flexibility index (Phi) is 4.15. The number of nitrogens with zero attached hydrogens (tertiary/aromatic N) is 3. The van der Waals surface area contributed by atoms with Gasteiger partial charge in [0.1, 0.15) is 0 Å². The molecule has 0 saturated carbocycles. The molecule has 3 N–H and O–H groups in total. The van der Waals surface area contributed by atoms with Crippen molar-refractivity contribution >= 4 is 5.84 Å². The van der Waals surface area contributed by atoms with Crippen LogP contribution in [0.25, 0.3) is 0 Å². The highest BCUT2D eigenvalue weighted by molar-refractivity contribution is 5.84. The van der Waals surface area contributed by atoms with Gasteiger partial charge in [-0.25, -0.2) is 0 Å². The quantitative estimate of drug-likeness (QED) is 0.313. The van der Waals surface area contributed by atoms with Crippen molar-refractivity contribution in [1.82, 2.24) is 9.80 Å². The topological polar surface area (TPSA) is 65.1 Å². The molecule has 1 unspecified atom stereocenters. The highest BCUT2D eigenvalue weighted by atomic mass is 16.4. The molecule has 0 aromatic heterocycles. The van der Waals surface area contributed by atoms with Crippen LogP contribution in [0.3, 0.4) is 0 Å². The largest absolute Gasteiger partial charge is 0.409 e. The predicted octanol–water partition coefficient (Wildman–Crippen LogP) is 0.537. The zero-order valence-electron chi connectivity index (χ0n) is 10.8. The molecule has 0 bridgehead atoms. The molecule has 1 fully saturated rings. The van der Waals surface area contributed by atoms with Gasteiger partial charge in [0.25, 0.3) is 0 Å². The summed E-state index contributed by atoms with van der Waals surface area (Å²) in [7, 11) is 0. The van der Waals surface area contributed by atoms with Gasteiger partial charge in [-0.2, -0.15) is 0 Å². The van der Waals surface area contributed by atoms with Crippen molar-refractivity contribution in [2.45, 2.75) is 39.3 Å². The molecule has 1 atom stereocenters. The molecule has 5 heteroatoms. The summed E-state index contributed by atoms with van der Waals surface area (Å²) in [5.74, 6) is 0.296. The molecule has 16 heavy (non-hydrogen) atoms. The first kappa shape index (κ1) is 13.3. The predicted molar refractivity (Wildman–Crippen MR) is 65.8 cm³/mol. The van der Waals surface area contributed by atoms with Crippen LogP contribution in [0.15, 0.2) is 5.16 Å². The SMILES string of the molecule is CC(C(N)=NO)N1CCN(C(C)(C)C)CC1. The maximum absolute atomic E-state index is 8.64. The summed E-state index contributed by atoms with van der Waals surface area (Å²) in [6.45, 7) is 12.7. The van der Waals surface area contributed by atoms with Gasteiger partial charge < -0.3 is 10.9 Å². The van der Waals surface area contributed by atoms with E-state index < -0.39 is 0 Å². The van der Waals surface area contributed by atoms with E-state index in [1.807, 2.05) is 6.92 Å². The lowest BCUT2D eigenvalue weighted by Gasteiger charge is -2.43. The fourth-order valence-corrected chi connectivity index (χ4v) is 2.05. The lowest BCUT2D eigenvalue weighted by molar-refractivity contribution is 0.0560. The minimum atomic E-state index is 0.0205. The smallest absolute Gasteiger partial charge is 0.156 e. The number of oxime groups is 1. The fourth-order valence-electron chi connectivity index (χ4n) is 2.05.